The monoisotopic (exact) mass is 263 g/mol. The maximum atomic E-state index is 12.1. The Balaban J connectivity index is 3.45. The van der Waals surface area contributed by atoms with Crippen molar-refractivity contribution < 1.29 is 26.7 Å². The maximum absolute atomic E-state index is 12.1. The number of halogens is 2. The third kappa shape index (κ3) is 3.08. The van der Waals surface area contributed by atoms with Crippen molar-refractivity contribution in [3.63, 3.8) is 0 Å². The Kier molecular flexibility index (Phi) is 3.93. The molecule has 0 aliphatic rings. The second kappa shape index (κ2) is 5.03. The van der Waals surface area contributed by atoms with Crippen molar-refractivity contribution in [2.45, 2.75) is 18.4 Å². The highest BCUT2D eigenvalue weighted by molar-refractivity contribution is 7.90. The van der Waals surface area contributed by atoms with Crippen LogP contribution in [0.1, 0.15) is 5.56 Å². The van der Waals surface area contributed by atoms with Crippen LogP contribution < -0.4 is 4.74 Å². The summed E-state index contributed by atoms with van der Waals surface area (Å²) in [6.45, 7) is -1.81. The lowest BCUT2D eigenvalue weighted by Crippen LogP contribution is -2.08. The molecule has 0 aromatic heterocycles. The van der Waals surface area contributed by atoms with Crippen molar-refractivity contribution in [3.05, 3.63) is 23.8 Å². The molecule has 0 N–H and O–H groups in total. The van der Waals surface area contributed by atoms with Crippen LogP contribution in [0.25, 0.3) is 0 Å². The van der Waals surface area contributed by atoms with Gasteiger partial charge in [0.25, 0.3) is 16.1 Å². The summed E-state index contributed by atoms with van der Waals surface area (Å²) in [5.74, 6) is -0.556. The zero-order chi connectivity index (χ0) is 13.1. The third-order valence-corrected chi connectivity index (χ3v) is 3.16. The first-order chi connectivity index (χ1) is 7.88. The highest BCUT2D eigenvalue weighted by Gasteiger charge is 2.23. The molecule has 1 aromatic carbocycles. The highest BCUT2D eigenvalue weighted by Crippen LogP contribution is 2.29. The van der Waals surface area contributed by atoms with Gasteiger partial charge < -0.3 is 4.74 Å². The van der Waals surface area contributed by atoms with Crippen molar-refractivity contribution >= 4 is 16.1 Å². The van der Waals surface area contributed by atoms with Gasteiger partial charge >= 0.3 is 6.61 Å². The Labute approximate surface area is 95.8 Å². The van der Waals surface area contributed by atoms with E-state index in [4.69, 9.17) is 0 Å². The van der Waals surface area contributed by atoms with Gasteiger partial charge in [0.2, 0.25) is 0 Å². The van der Waals surface area contributed by atoms with E-state index < -0.39 is 27.3 Å². The first-order valence-corrected chi connectivity index (χ1v) is 5.71. The van der Waals surface area contributed by atoms with Crippen molar-refractivity contribution in [2.75, 3.05) is 0 Å². The van der Waals surface area contributed by atoms with Gasteiger partial charge in [0.05, 0.1) is 0 Å². The molecule has 0 aliphatic heterocycles. The molecular formula is C9H7F2NO4S. The smallest absolute Gasteiger partial charge is 0.387 e. The molecule has 0 amide bonds. The van der Waals surface area contributed by atoms with Crippen molar-refractivity contribution in [3.8, 4) is 5.75 Å². The lowest BCUT2D eigenvalue weighted by molar-refractivity contribution is -0.0517. The molecule has 8 heteroatoms. The van der Waals surface area contributed by atoms with Crippen molar-refractivity contribution in [2.24, 2.45) is 4.40 Å². The molecule has 0 fully saturated rings. The second-order valence-corrected chi connectivity index (χ2v) is 4.48. The van der Waals surface area contributed by atoms with Crippen LogP contribution in [-0.2, 0) is 14.8 Å². The van der Waals surface area contributed by atoms with E-state index in [0.717, 1.165) is 12.1 Å². The Hall–Kier alpha value is -1.79. The fraction of sp³-hybridized carbons (Fsp3) is 0.222. The van der Waals surface area contributed by atoms with Crippen LogP contribution in [0.3, 0.4) is 0 Å². The molecule has 5 nitrogen and oxygen atoms in total. The molecule has 92 valence electrons. The lowest BCUT2D eigenvalue weighted by Gasteiger charge is -2.10. The lowest BCUT2D eigenvalue weighted by atomic mass is 10.2. The van der Waals surface area contributed by atoms with Gasteiger partial charge in [-0.25, -0.2) is 4.79 Å². The van der Waals surface area contributed by atoms with Gasteiger partial charge in [-0.05, 0) is 18.6 Å². The number of aryl methyl sites for hydroxylation is 1. The van der Waals surface area contributed by atoms with Crippen LogP contribution in [0, 0.1) is 6.92 Å². The number of benzene rings is 1. The minimum atomic E-state index is -4.37. The topological polar surface area (TPSA) is 72.8 Å². The first kappa shape index (κ1) is 13.3. The van der Waals surface area contributed by atoms with Crippen LogP contribution in [0.2, 0.25) is 0 Å². The normalized spacial score (nSPS) is 11.1. The molecule has 1 rings (SSSR count). The summed E-state index contributed by atoms with van der Waals surface area (Å²) in [6.07, 6.45) is 0.858. The zero-order valence-electron chi connectivity index (χ0n) is 8.55. The molecule has 0 unspecified atom stereocenters. The van der Waals surface area contributed by atoms with Crippen molar-refractivity contribution in [1.29, 1.82) is 0 Å². The number of nitrogens with zero attached hydrogens (tertiary/aromatic N) is 1. The summed E-state index contributed by atoms with van der Waals surface area (Å²) in [4.78, 5) is 9.41. The molecule has 0 radical (unpaired) electrons. The van der Waals surface area contributed by atoms with Crippen LogP contribution in [0.4, 0.5) is 8.78 Å². The van der Waals surface area contributed by atoms with Crippen LogP contribution in [-0.4, -0.2) is 21.1 Å². The average molecular weight is 263 g/mol. The quantitative estimate of drug-likeness (QED) is 0.611. The maximum Gasteiger partial charge on any atom is 0.387 e. The average Bonchev–Trinajstić information content (AvgIpc) is 2.15. The summed E-state index contributed by atoms with van der Waals surface area (Å²) in [6, 6.07) is 3.76. The predicted molar refractivity (Wildman–Crippen MR) is 53.1 cm³/mol. The first-order valence-electron chi connectivity index (χ1n) is 4.27. The predicted octanol–water partition coefficient (Wildman–Crippen LogP) is 1.62. The van der Waals surface area contributed by atoms with Gasteiger partial charge in [-0.2, -0.15) is 17.2 Å². The number of ether oxygens (including phenoxy) is 1. The van der Waals surface area contributed by atoms with E-state index in [1.54, 1.807) is 0 Å². The summed E-state index contributed by atoms with van der Waals surface area (Å²) in [7, 11) is -4.37. The van der Waals surface area contributed by atoms with E-state index in [2.05, 4.69) is 9.13 Å². The molecule has 0 aliphatic carbocycles. The summed E-state index contributed by atoms with van der Waals surface area (Å²) < 4.78 is 53.8. The summed E-state index contributed by atoms with van der Waals surface area (Å²) in [5, 5.41) is 0. The van der Waals surface area contributed by atoms with Gasteiger partial charge in [-0.15, -0.1) is 0 Å². The molecule has 0 heterocycles. The SMILES string of the molecule is Cc1cccc(OC(F)F)c1S(=O)(=O)N=C=O. The van der Waals surface area contributed by atoms with E-state index in [0.29, 0.717) is 0 Å². The van der Waals surface area contributed by atoms with E-state index in [9.17, 15) is 22.0 Å². The molecule has 0 spiro atoms. The van der Waals surface area contributed by atoms with Gasteiger partial charge in [-0.1, -0.05) is 16.5 Å². The number of isocyanates is 1. The number of hydrogen-bond donors (Lipinski definition) is 0. The van der Waals surface area contributed by atoms with Crippen LogP contribution in [0.5, 0.6) is 5.75 Å². The summed E-state index contributed by atoms with van der Waals surface area (Å²) >= 11 is 0. The molecule has 1 aromatic rings. The number of sulfonamides is 1. The molecule has 0 saturated heterocycles. The van der Waals surface area contributed by atoms with Crippen molar-refractivity contribution in [1.82, 2.24) is 0 Å². The fourth-order valence-corrected chi connectivity index (χ4v) is 2.27. The number of rotatable bonds is 4. The zero-order valence-corrected chi connectivity index (χ0v) is 9.37. The standard InChI is InChI=1S/C9H7F2NO4S/c1-6-3-2-4-7(16-9(10)11)8(6)17(14,15)12-5-13/h2-4,9H,1H3. The largest absolute Gasteiger partial charge is 0.433 e. The van der Waals surface area contributed by atoms with Gasteiger partial charge in [0.15, 0.2) is 0 Å². The van der Waals surface area contributed by atoms with E-state index in [1.165, 1.54) is 19.1 Å². The second-order valence-electron chi connectivity index (χ2n) is 2.94. The van der Waals surface area contributed by atoms with E-state index in [-0.39, 0.29) is 5.56 Å². The van der Waals surface area contributed by atoms with Gasteiger partial charge in [0.1, 0.15) is 10.6 Å². The Morgan fingerprint density at radius 3 is 2.59 bits per heavy atom. The minimum Gasteiger partial charge on any atom is -0.433 e. The number of alkyl halides is 2. The minimum absolute atomic E-state index is 0.141. The third-order valence-electron chi connectivity index (χ3n) is 1.81. The fourth-order valence-electron chi connectivity index (χ4n) is 1.24. The van der Waals surface area contributed by atoms with Gasteiger partial charge in [0, 0.05) is 0 Å². The van der Waals surface area contributed by atoms with E-state index >= 15 is 0 Å². The van der Waals surface area contributed by atoms with Gasteiger partial charge in [-0.3, -0.25) is 0 Å². The Bertz CT molecular complexity index is 564. The van der Waals surface area contributed by atoms with E-state index in [1.807, 2.05) is 0 Å². The Morgan fingerprint density at radius 2 is 2.06 bits per heavy atom. The summed E-state index contributed by atoms with van der Waals surface area (Å²) in [5.41, 5.74) is 0.141. The Morgan fingerprint density at radius 1 is 1.41 bits per heavy atom. The molecule has 0 bridgehead atoms. The van der Waals surface area contributed by atoms with Crippen LogP contribution >= 0.6 is 0 Å². The highest BCUT2D eigenvalue weighted by atomic mass is 32.2. The van der Waals surface area contributed by atoms with Crippen LogP contribution in [0.15, 0.2) is 27.5 Å². The molecule has 0 atom stereocenters. The molecular weight excluding hydrogens is 256 g/mol. The number of carbonyl (C=O) groups excluding carboxylic acids is 1. The number of hydrogen-bond acceptors (Lipinski definition) is 4. The molecule has 0 saturated carbocycles. The molecule has 17 heavy (non-hydrogen) atoms.